The number of methoxy groups -OCH3 is 1. The van der Waals surface area contributed by atoms with E-state index >= 15 is 0 Å². The Kier molecular flexibility index (Phi) is 7.28. The summed E-state index contributed by atoms with van der Waals surface area (Å²) in [5, 5.41) is 0. The van der Waals surface area contributed by atoms with Crippen LogP contribution in [0.15, 0.2) is 144 Å². The van der Waals surface area contributed by atoms with Crippen molar-refractivity contribution in [1.29, 1.82) is 0 Å². The third-order valence-electron chi connectivity index (χ3n) is 6.82. The molecule has 0 spiro atoms. The van der Waals surface area contributed by atoms with Crippen LogP contribution in [0.5, 0.6) is 0 Å². The first kappa shape index (κ1) is 23.6. The van der Waals surface area contributed by atoms with Crippen molar-refractivity contribution in [2.45, 2.75) is 19.8 Å². The second-order valence-electron chi connectivity index (χ2n) is 9.39. The van der Waals surface area contributed by atoms with E-state index in [2.05, 4.69) is 134 Å². The molecule has 0 fully saturated rings. The van der Waals surface area contributed by atoms with E-state index in [0.29, 0.717) is 5.92 Å². The highest BCUT2D eigenvalue weighted by molar-refractivity contribution is 5.87. The Labute approximate surface area is 215 Å². The fourth-order valence-electron chi connectivity index (χ4n) is 5.28. The van der Waals surface area contributed by atoms with Gasteiger partial charge in [-0.15, -0.1) is 0 Å². The molecule has 1 unspecified atom stereocenters. The summed E-state index contributed by atoms with van der Waals surface area (Å²) in [4.78, 5) is 0. The first-order valence-corrected chi connectivity index (χ1v) is 12.7. The van der Waals surface area contributed by atoms with Crippen molar-refractivity contribution in [2.24, 2.45) is 5.92 Å². The van der Waals surface area contributed by atoms with E-state index < -0.39 is 0 Å². The van der Waals surface area contributed by atoms with E-state index in [1.807, 2.05) is 0 Å². The molecule has 1 aliphatic rings. The Morgan fingerprint density at radius 3 is 1.36 bits per heavy atom. The summed E-state index contributed by atoms with van der Waals surface area (Å²) < 4.78 is 6.10. The number of benzene rings is 4. The van der Waals surface area contributed by atoms with Crippen molar-refractivity contribution in [3.05, 3.63) is 167 Å². The average Bonchev–Trinajstić information content (AvgIpc) is 3.09. The smallest absolute Gasteiger partial charge is 0.119 e. The van der Waals surface area contributed by atoms with E-state index in [9.17, 15) is 0 Å². The summed E-state index contributed by atoms with van der Waals surface area (Å²) in [7, 11) is 1.80. The zero-order valence-electron chi connectivity index (χ0n) is 21.0. The van der Waals surface area contributed by atoms with Crippen LogP contribution in [0.3, 0.4) is 0 Å². The Morgan fingerprint density at radius 2 is 0.972 bits per heavy atom. The Hall–Kier alpha value is -4.10. The second-order valence-corrected chi connectivity index (χ2v) is 9.39. The van der Waals surface area contributed by atoms with E-state index in [4.69, 9.17) is 4.74 Å². The maximum atomic E-state index is 6.10. The maximum absolute atomic E-state index is 6.10. The molecule has 1 heteroatoms. The normalized spacial score (nSPS) is 15.6. The lowest BCUT2D eigenvalue weighted by Crippen LogP contribution is -2.02. The molecule has 0 amide bonds. The van der Waals surface area contributed by atoms with Gasteiger partial charge in [0.25, 0.3) is 0 Å². The first-order valence-electron chi connectivity index (χ1n) is 12.7. The van der Waals surface area contributed by atoms with Gasteiger partial charge >= 0.3 is 0 Å². The molecule has 1 nitrogen and oxygen atoms in total. The molecule has 0 aliphatic heterocycles. The monoisotopic (exact) mass is 468 g/mol. The molecular formula is C35H32O. The van der Waals surface area contributed by atoms with Gasteiger partial charge in [0.1, 0.15) is 5.76 Å². The quantitative estimate of drug-likeness (QED) is 0.284. The van der Waals surface area contributed by atoms with E-state index in [1.54, 1.807) is 7.11 Å². The molecular weight excluding hydrogens is 436 g/mol. The number of hydrogen-bond acceptors (Lipinski definition) is 1. The fraction of sp³-hybridized carbons (Fsp3) is 0.143. The van der Waals surface area contributed by atoms with E-state index in [-0.39, 0.29) is 0 Å². The lowest BCUT2D eigenvalue weighted by Gasteiger charge is -2.21. The molecule has 1 aliphatic carbocycles. The van der Waals surface area contributed by atoms with Crippen LogP contribution in [-0.2, 0) is 4.74 Å². The highest BCUT2D eigenvalue weighted by atomic mass is 16.5. The van der Waals surface area contributed by atoms with Crippen LogP contribution in [0.2, 0.25) is 0 Å². The lowest BCUT2D eigenvalue weighted by molar-refractivity contribution is 0.297. The van der Waals surface area contributed by atoms with Crippen molar-refractivity contribution >= 4 is 11.1 Å². The van der Waals surface area contributed by atoms with Crippen LogP contribution in [0.1, 0.15) is 42.0 Å². The van der Waals surface area contributed by atoms with Crippen LogP contribution in [0.4, 0.5) is 0 Å². The van der Waals surface area contributed by atoms with Crippen LogP contribution in [0.25, 0.3) is 11.1 Å². The van der Waals surface area contributed by atoms with Crippen molar-refractivity contribution in [2.75, 3.05) is 7.11 Å². The van der Waals surface area contributed by atoms with Crippen LogP contribution in [-0.4, -0.2) is 7.11 Å². The molecule has 0 radical (unpaired) electrons. The molecule has 0 N–H and O–H groups in total. The van der Waals surface area contributed by atoms with Gasteiger partial charge in [-0.1, -0.05) is 134 Å². The average molecular weight is 469 g/mol. The number of ether oxygens (including phenoxy) is 1. The summed E-state index contributed by atoms with van der Waals surface area (Å²) in [6, 6.07) is 43.1. The highest BCUT2D eigenvalue weighted by Crippen LogP contribution is 2.42. The summed E-state index contributed by atoms with van der Waals surface area (Å²) in [6.07, 6.45) is 4.11. The van der Waals surface area contributed by atoms with Gasteiger partial charge in [-0.25, -0.2) is 0 Å². The predicted octanol–water partition coefficient (Wildman–Crippen LogP) is 8.95. The molecule has 0 saturated heterocycles. The standard InChI is InChI=1S/C35H32O/c1-26-23-31(34(27-15-7-3-8-16-27)28-17-9-4-10-18-28)25-32(33(24-26)36-2)35(29-19-11-5-12-20-29)30-21-13-6-14-22-30/h3-22,24,26H,23,25H2,1-2H3. The first-order chi connectivity index (χ1) is 17.7. The van der Waals surface area contributed by atoms with Gasteiger partial charge in [0.05, 0.1) is 7.11 Å². The Bertz CT molecular complexity index is 1300. The topological polar surface area (TPSA) is 9.23 Å². The van der Waals surface area contributed by atoms with Crippen molar-refractivity contribution in [3.8, 4) is 0 Å². The zero-order chi connectivity index (χ0) is 24.7. The summed E-state index contributed by atoms with van der Waals surface area (Å²) in [6.45, 7) is 2.29. The molecule has 0 heterocycles. The largest absolute Gasteiger partial charge is 0.497 e. The van der Waals surface area contributed by atoms with Gasteiger partial charge in [-0.2, -0.15) is 0 Å². The molecule has 0 aromatic heterocycles. The number of allylic oxidation sites excluding steroid dienone is 3. The highest BCUT2D eigenvalue weighted by Gasteiger charge is 2.25. The zero-order valence-corrected chi connectivity index (χ0v) is 21.0. The van der Waals surface area contributed by atoms with Gasteiger partial charge in [0, 0.05) is 5.57 Å². The third-order valence-corrected chi connectivity index (χ3v) is 6.82. The van der Waals surface area contributed by atoms with E-state index in [1.165, 1.54) is 44.5 Å². The van der Waals surface area contributed by atoms with Crippen LogP contribution in [0, 0.1) is 5.92 Å². The van der Waals surface area contributed by atoms with Gasteiger partial charge in [0.15, 0.2) is 0 Å². The van der Waals surface area contributed by atoms with Gasteiger partial charge in [-0.3, -0.25) is 0 Å². The molecule has 0 bridgehead atoms. The predicted molar refractivity (Wildman–Crippen MR) is 151 cm³/mol. The number of hydrogen-bond donors (Lipinski definition) is 0. The van der Waals surface area contributed by atoms with Crippen molar-refractivity contribution < 1.29 is 4.74 Å². The van der Waals surface area contributed by atoms with Crippen molar-refractivity contribution in [3.63, 3.8) is 0 Å². The van der Waals surface area contributed by atoms with Crippen LogP contribution < -0.4 is 0 Å². The van der Waals surface area contributed by atoms with Gasteiger partial charge in [0.2, 0.25) is 0 Å². The lowest BCUT2D eigenvalue weighted by atomic mass is 9.84. The van der Waals surface area contributed by atoms with Crippen LogP contribution >= 0.6 is 0 Å². The number of rotatable bonds is 5. The minimum Gasteiger partial charge on any atom is -0.497 e. The fourth-order valence-corrected chi connectivity index (χ4v) is 5.28. The summed E-state index contributed by atoms with van der Waals surface area (Å²) in [5.41, 5.74) is 10.1. The maximum Gasteiger partial charge on any atom is 0.119 e. The molecule has 1 atom stereocenters. The second kappa shape index (κ2) is 11.1. The van der Waals surface area contributed by atoms with Gasteiger partial charge in [-0.05, 0) is 58.2 Å². The molecule has 4 aromatic carbocycles. The van der Waals surface area contributed by atoms with Gasteiger partial charge < -0.3 is 4.74 Å². The summed E-state index contributed by atoms with van der Waals surface area (Å²) >= 11 is 0. The molecule has 0 saturated carbocycles. The summed E-state index contributed by atoms with van der Waals surface area (Å²) in [5.74, 6) is 1.32. The SMILES string of the molecule is COC1=CC(C)CC(=C(c2ccccc2)c2ccccc2)CC1=C(c1ccccc1)c1ccccc1. The van der Waals surface area contributed by atoms with E-state index in [0.717, 1.165) is 18.6 Å². The Balaban J connectivity index is 1.81. The minimum absolute atomic E-state index is 0.350. The third kappa shape index (κ3) is 5.11. The Morgan fingerprint density at radius 1 is 0.583 bits per heavy atom. The minimum atomic E-state index is 0.350. The van der Waals surface area contributed by atoms with Crippen molar-refractivity contribution in [1.82, 2.24) is 0 Å². The molecule has 178 valence electrons. The molecule has 5 rings (SSSR count). The molecule has 36 heavy (non-hydrogen) atoms. The molecule has 4 aromatic rings.